The minimum atomic E-state index is 0.541. The molecular weight excluding hydrogens is 246 g/mol. The number of thiophene rings is 1. The topological polar surface area (TPSA) is 64.9 Å². The molecular formula is C13H11N3OS. The van der Waals surface area contributed by atoms with Crippen LogP contribution in [0.4, 0.5) is 5.69 Å². The van der Waals surface area contributed by atoms with Crippen molar-refractivity contribution in [3.05, 3.63) is 41.3 Å². The van der Waals surface area contributed by atoms with Gasteiger partial charge in [-0.05, 0) is 30.0 Å². The van der Waals surface area contributed by atoms with Gasteiger partial charge in [0.15, 0.2) is 0 Å². The molecule has 2 aromatic heterocycles. The second-order valence-corrected chi connectivity index (χ2v) is 4.92. The number of aryl methyl sites for hydroxylation is 1. The average Bonchev–Trinajstić information content (AvgIpc) is 3.01. The Morgan fingerprint density at radius 3 is 2.89 bits per heavy atom. The SMILES string of the molecule is Cc1ccc(-c2noc(-c3cccs3)n2)cc1N. The maximum absolute atomic E-state index is 5.88. The van der Waals surface area contributed by atoms with E-state index in [2.05, 4.69) is 10.1 Å². The van der Waals surface area contributed by atoms with Crippen LogP contribution in [0.25, 0.3) is 22.2 Å². The molecule has 0 unspecified atom stereocenters. The highest BCUT2D eigenvalue weighted by molar-refractivity contribution is 7.13. The summed E-state index contributed by atoms with van der Waals surface area (Å²) in [5, 5.41) is 5.95. The molecule has 0 bridgehead atoms. The quantitative estimate of drug-likeness (QED) is 0.715. The lowest BCUT2D eigenvalue weighted by Gasteiger charge is -2.00. The van der Waals surface area contributed by atoms with Crippen LogP contribution >= 0.6 is 11.3 Å². The molecule has 0 spiro atoms. The zero-order valence-electron chi connectivity index (χ0n) is 9.75. The van der Waals surface area contributed by atoms with Crippen molar-refractivity contribution in [2.24, 2.45) is 0 Å². The zero-order chi connectivity index (χ0) is 12.5. The Hall–Kier alpha value is -2.14. The molecule has 18 heavy (non-hydrogen) atoms. The number of nitrogen functional groups attached to an aromatic ring is 1. The Bertz CT molecular complexity index is 673. The van der Waals surface area contributed by atoms with Crippen LogP contribution in [0.5, 0.6) is 0 Å². The minimum absolute atomic E-state index is 0.541. The number of hydrogen-bond donors (Lipinski definition) is 1. The third kappa shape index (κ3) is 1.89. The predicted molar refractivity (Wildman–Crippen MR) is 72.2 cm³/mol. The number of anilines is 1. The fourth-order valence-electron chi connectivity index (χ4n) is 1.62. The van der Waals surface area contributed by atoms with E-state index in [9.17, 15) is 0 Å². The zero-order valence-corrected chi connectivity index (χ0v) is 10.6. The maximum atomic E-state index is 5.88. The molecule has 2 heterocycles. The van der Waals surface area contributed by atoms with E-state index >= 15 is 0 Å². The predicted octanol–water partition coefficient (Wildman–Crippen LogP) is 3.36. The van der Waals surface area contributed by atoms with Crippen molar-refractivity contribution in [2.45, 2.75) is 6.92 Å². The summed E-state index contributed by atoms with van der Waals surface area (Å²) in [7, 11) is 0. The summed E-state index contributed by atoms with van der Waals surface area (Å²) < 4.78 is 5.24. The Morgan fingerprint density at radius 2 is 2.17 bits per heavy atom. The van der Waals surface area contributed by atoms with E-state index in [0.29, 0.717) is 11.7 Å². The van der Waals surface area contributed by atoms with Gasteiger partial charge in [0.2, 0.25) is 5.82 Å². The second-order valence-electron chi connectivity index (χ2n) is 3.97. The number of benzene rings is 1. The molecule has 0 radical (unpaired) electrons. The van der Waals surface area contributed by atoms with Gasteiger partial charge in [-0.15, -0.1) is 11.3 Å². The Balaban J connectivity index is 2.00. The van der Waals surface area contributed by atoms with Crippen molar-refractivity contribution in [3.63, 3.8) is 0 Å². The molecule has 3 rings (SSSR count). The van der Waals surface area contributed by atoms with Gasteiger partial charge < -0.3 is 10.3 Å². The summed E-state index contributed by atoms with van der Waals surface area (Å²) >= 11 is 1.57. The van der Waals surface area contributed by atoms with E-state index in [4.69, 9.17) is 10.3 Å². The number of nitrogens with zero attached hydrogens (tertiary/aromatic N) is 2. The molecule has 0 atom stereocenters. The molecule has 0 aliphatic heterocycles. The third-order valence-corrected chi connectivity index (χ3v) is 3.55. The molecule has 0 aliphatic carbocycles. The van der Waals surface area contributed by atoms with E-state index in [1.54, 1.807) is 11.3 Å². The monoisotopic (exact) mass is 257 g/mol. The lowest BCUT2D eigenvalue weighted by Crippen LogP contribution is -1.90. The van der Waals surface area contributed by atoms with E-state index in [0.717, 1.165) is 21.7 Å². The number of hydrogen-bond acceptors (Lipinski definition) is 5. The van der Waals surface area contributed by atoms with Crippen LogP contribution in [0, 0.1) is 6.92 Å². The van der Waals surface area contributed by atoms with Gasteiger partial charge in [-0.3, -0.25) is 0 Å². The van der Waals surface area contributed by atoms with E-state index in [-0.39, 0.29) is 0 Å². The first-order valence-electron chi connectivity index (χ1n) is 5.48. The van der Waals surface area contributed by atoms with Gasteiger partial charge in [0.05, 0.1) is 4.88 Å². The lowest BCUT2D eigenvalue weighted by atomic mass is 10.1. The van der Waals surface area contributed by atoms with Crippen molar-refractivity contribution in [3.8, 4) is 22.2 Å². The second kappa shape index (κ2) is 4.27. The van der Waals surface area contributed by atoms with Crippen LogP contribution in [-0.2, 0) is 0 Å². The maximum Gasteiger partial charge on any atom is 0.268 e. The Kier molecular flexibility index (Phi) is 2.60. The molecule has 1 aromatic carbocycles. The summed E-state index contributed by atoms with van der Waals surface area (Å²) in [6, 6.07) is 9.65. The van der Waals surface area contributed by atoms with Crippen LogP contribution in [0.1, 0.15) is 5.56 Å². The molecule has 4 nitrogen and oxygen atoms in total. The van der Waals surface area contributed by atoms with E-state index in [1.807, 2.05) is 42.6 Å². The molecule has 0 aliphatic rings. The van der Waals surface area contributed by atoms with Crippen molar-refractivity contribution < 1.29 is 4.52 Å². The smallest absolute Gasteiger partial charge is 0.268 e. The molecule has 0 fully saturated rings. The van der Waals surface area contributed by atoms with Crippen LogP contribution in [0.2, 0.25) is 0 Å². The summed E-state index contributed by atoms with van der Waals surface area (Å²) in [4.78, 5) is 5.34. The average molecular weight is 257 g/mol. The summed E-state index contributed by atoms with van der Waals surface area (Å²) in [6.45, 7) is 1.96. The molecule has 0 saturated carbocycles. The van der Waals surface area contributed by atoms with E-state index in [1.165, 1.54) is 0 Å². The fraction of sp³-hybridized carbons (Fsp3) is 0.0769. The molecule has 3 aromatic rings. The van der Waals surface area contributed by atoms with Crippen LogP contribution in [-0.4, -0.2) is 10.1 Å². The van der Waals surface area contributed by atoms with Crippen molar-refractivity contribution in [1.29, 1.82) is 0 Å². The van der Waals surface area contributed by atoms with Gasteiger partial charge >= 0.3 is 0 Å². The summed E-state index contributed by atoms with van der Waals surface area (Å²) in [5.74, 6) is 1.10. The summed E-state index contributed by atoms with van der Waals surface area (Å²) in [5.41, 5.74) is 8.51. The minimum Gasteiger partial charge on any atom is -0.398 e. The number of nitrogens with two attached hydrogens (primary N) is 1. The van der Waals surface area contributed by atoms with Crippen LogP contribution < -0.4 is 5.73 Å². The Labute approximate surface area is 108 Å². The first kappa shape index (κ1) is 11.0. The van der Waals surface area contributed by atoms with Gasteiger partial charge in [-0.25, -0.2) is 0 Å². The largest absolute Gasteiger partial charge is 0.398 e. The fourth-order valence-corrected chi connectivity index (χ4v) is 2.27. The normalized spacial score (nSPS) is 10.7. The van der Waals surface area contributed by atoms with Gasteiger partial charge in [0.1, 0.15) is 0 Å². The lowest BCUT2D eigenvalue weighted by molar-refractivity contribution is 0.433. The van der Waals surface area contributed by atoms with Crippen LogP contribution in [0.3, 0.4) is 0 Å². The standard InChI is InChI=1S/C13H11N3OS/c1-8-4-5-9(7-10(8)14)12-15-13(17-16-12)11-3-2-6-18-11/h2-7H,14H2,1H3. The molecule has 0 saturated heterocycles. The van der Waals surface area contributed by atoms with Gasteiger partial charge in [0, 0.05) is 11.3 Å². The van der Waals surface area contributed by atoms with E-state index < -0.39 is 0 Å². The number of aromatic nitrogens is 2. The molecule has 5 heteroatoms. The van der Waals surface area contributed by atoms with Crippen molar-refractivity contribution in [1.82, 2.24) is 10.1 Å². The highest BCUT2D eigenvalue weighted by Crippen LogP contribution is 2.26. The summed E-state index contributed by atoms with van der Waals surface area (Å²) in [6.07, 6.45) is 0. The molecule has 2 N–H and O–H groups in total. The van der Waals surface area contributed by atoms with Gasteiger partial charge in [0.25, 0.3) is 5.89 Å². The molecule has 90 valence electrons. The highest BCUT2D eigenvalue weighted by Gasteiger charge is 2.11. The van der Waals surface area contributed by atoms with Crippen LogP contribution in [0.15, 0.2) is 40.2 Å². The Morgan fingerprint density at radius 1 is 1.28 bits per heavy atom. The van der Waals surface area contributed by atoms with Crippen molar-refractivity contribution in [2.75, 3.05) is 5.73 Å². The van der Waals surface area contributed by atoms with Gasteiger partial charge in [-0.2, -0.15) is 4.98 Å². The number of rotatable bonds is 2. The van der Waals surface area contributed by atoms with Gasteiger partial charge in [-0.1, -0.05) is 23.4 Å². The first-order valence-corrected chi connectivity index (χ1v) is 6.36. The molecule has 0 amide bonds. The first-order chi connectivity index (χ1) is 8.74. The highest BCUT2D eigenvalue weighted by atomic mass is 32.1. The third-order valence-electron chi connectivity index (χ3n) is 2.70. The van der Waals surface area contributed by atoms with Crippen molar-refractivity contribution >= 4 is 17.0 Å².